The van der Waals surface area contributed by atoms with Crippen LogP contribution in [0.4, 0.5) is 0 Å². The molecule has 6 heteroatoms. The van der Waals surface area contributed by atoms with Gasteiger partial charge in [0.2, 0.25) is 0 Å². The van der Waals surface area contributed by atoms with Crippen molar-refractivity contribution in [2.45, 2.75) is 83.7 Å². The van der Waals surface area contributed by atoms with Crippen LogP contribution in [0.3, 0.4) is 0 Å². The zero-order valence-corrected chi connectivity index (χ0v) is 23.4. The molecule has 208 valence electrons. The summed E-state index contributed by atoms with van der Waals surface area (Å²) in [6, 6.07) is 24.9. The van der Waals surface area contributed by atoms with Crippen LogP contribution in [0.2, 0.25) is 0 Å². The van der Waals surface area contributed by atoms with Crippen LogP contribution in [0.25, 0.3) is 11.1 Å². The molecule has 0 radical (unpaired) electrons. The van der Waals surface area contributed by atoms with Crippen LogP contribution in [0, 0.1) is 0 Å². The van der Waals surface area contributed by atoms with E-state index in [4.69, 9.17) is 10.2 Å². The Kier molecular flexibility index (Phi) is 8.94. The first-order chi connectivity index (χ1) is 19.5. The van der Waals surface area contributed by atoms with Gasteiger partial charge >= 0.3 is 11.7 Å². The topological polar surface area (TPSA) is 77.1 Å². The minimum Gasteiger partial charge on any atom is -0.481 e. The summed E-state index contributed by atoms with van der Waals surface area (Å²) < 4.78 is 3.41. The van der Waals surface area contributed by atoms with Crippen molar-refractivity contribution in [2.75, 3.05) is 0 Å². The summed E-state index contributed by atoms with van der Waals surface area (Å²) in [5.74, 6) is 0.704. The van der Waals surface area contributed by atoms with Crippen LogP contribution in [0.1, 0.15) is 79.4 Å². The molecular formula is C34H39N3O3. The minimum absolute atomic E-state index is 0.0250. The fraction of sp³-hybridized carbons (Fsp3) is 0.382. The highest BCUT2D eigenvalue weighted by Gasteiger charge is 2.16. The molecule has 1 saturated carbocycles. The maximum atomic E-state index is 13.1. The molecular weight excluding hydrogens is 498 g/mol. The molecule has 40 heavy (non-hydrogen) atoms. The van der Waals surface area contributed by atoms with E-state index in [1.165, 1.54) is 43.2 Å². The molecule has 4 aromatic rings. The summed E-state index contributed by atoms with van der Waals surface area (Å²) in [7, 11) is 0. The van der Waals surface area contributed by atoms with Crippen molar-refractivity contribution < 1.29 is 9.90 Å². The van der Waals surface area contributed by atoms with Crippen LogP contribution in [-0.2, 0) is 37.1 Å². The number of hydrogen-bond acceptors (Lipinski definition) is 3. The van der Waals surface area contributed by atoms with Gasteiger partial charge in [0.25, 0.3) is 0 Å². The first kappa shape index (κ1) is 27.6. The lowest BCUT2D eigenvalue weighted by Gasteiger charge is -2.22. The van der Waals surface area contributed by atoms with Crippen molar-refractivity contribution >= 4 is 5.97 Å². The summed E-state index contributed by atoms with van der Waals surface area (Å²) >= 11 is 0. The van der Waals surface area contributed by atoms with E-state index in [-0.39, 0.29) is 12.1 Å². The number of carboxylic acids is 1. The Labute approximate surface area is 236 Å². The van der Waals surface area contributed by atoms with E-state index in [9.17, 15) is 9.59 Å². The Balaban J connectivity index is 1.19. The van der Waals surface area contributed by atoms with E-state index in [0.29, 0.717) is 19.0 Å². The quantitative estimate of drug-likeness (QED) is 0.233. The number of carboxylic acid groups (broad SMARTS) is 1. The van der Waals surface area contributed by atoms with Gasteiger partial charge in [-0.2, -0.15) is 5.10 Å². The maximum absolute atomic E-state index is 13.1. The Morgan fingerprint density at radius 2 is 1.60 bits per heavy atom. The molecule has 5 rings (SSSR count). The van der Waals surface area contributed by atoms with Gasteiger partial charge in [-0.3, -0.25) is 9.36 Å². The SMILES string of the molecule is CCn1c(CCCc2ccc(-c3cccc(CC(=O)O)c3)cc2)nn(Cc2ccc(C3CCCCC3)cc2)c1=O. The summed E-state index contributed by atoms with van der Waals surface area (Å²) in [5.41, 5.74) is 6.62. The van der Waals surface area contributed by atoms with Crippen molar-refractivity contribution in [1.82, 2.24) is 14.3 Å². The number of benzene rings is 3. The molecule has 1 aliphatic carbocycles. The number of aliphatic carboxylic acids is 1. The van der Waals surface area contributed by atoms with Crippen LogP contribution >= 0.6 is 0 Å². The second-order valence-electron chi connectivity index (χ2n) is 11.0. The fourth-order valence-corrected chi connectivity index (χ4v) is 5.95. The van der Waals surface area contributed by atoms with Crippen LogP contribution in [0.15, 0.2) is 77.6 Å². The second kappa shape index (κ2) is 12.9. The Morgan fingerprint density at radius 3 is 2.30 bits per heavy atom. The molecule has 1 fully saturated rings. The van der Waals surface area contributed by atoms with Crippen LogP contribution in [-0.4, -0.2) is 25.4 Å². The van der Waals surface area contributed by atoms with Gasteiger partial charge in [0.15, 0.2) is 0 Å². The molecule has 0 atom stereocenters. The van der Waals surface area contributed by atoms with E-state index in [2.05, 4.69) is 48.5 Å². The largest absolute Gasteiger partial charge is 0.481 e. The molecule has 1 N–H and O–H groups in total. The van der Waals surface area contributed by atoms with E-state index in [0.717, 1.165) is 47.3 Å². The Morgan fingerprint density at radius 1 is 0.875 bits per heavy atom. The number of carbonyl (C=O) groups is 1. The summed E-state index contributed by atoms with van der Waals surface area (Å²) in [5, 5.41) is 13.8. The monoisotopic (exact) mass is 537 g/mol. The van der Waals surface area contributed by atoms with Gasteiger partial charge < -0.3 is 5.11 Å². The van der Waals surface area contributed by atoms with Crippen LogP contribution in [0.5, 0.6) is 0 Å². The van der Waals surface area contributed by atoms with Crippen LogP contribution < -0.4 is 5.69 Å². The van der Waals surface area contributed by atoms with Crippen molar-refractivity contribution in [2.24, 2.45) is 0 Å². The minimum atomic E-state index is -0.825. The zero-order valence-electron chi connectivity index (χ0n) is 23.4. The third-order valence-electron chi connectivity index (χ3n) is 8.14. The summed E-state index contributed by atoms with van der Waals surface area (Å²) in [6.45, 7) is 3.11. The molecule has 3 aromatic carbocycles. The van der Waals surface area contributed by atoms with E-state index in [1.807, 2.05) is 31.2 Å². The molecule has 0 saturated heterocycles. The average molecular weight is 538 g/mol. The normalized spacial score (nSPS) is 13.9. The standard InChI is InChI=1S/C34H39N3O3/c1-2-36-32(35-37(34(36)40)24-26-16-20-29(21-17-26)28-10-4-3-5-11-28)13-7-8-25-14-18-30(19-15-25)31-12-6-9-27(22-31)23-33(38)39/h6,9,12,14-22,28H,2-5,7-8,10-11,13,23-24H2,1H3,(H,38,39). The van der Waals surface area contributed by atoms with Gasteiger partial charge in [-0.15, -0.1) is 0 Å². The molecule has 0 spiro atoms. The maximum Gasteiger partial charge on any atom is 0.346 e. The first-order valence-corrected chi connectivity index (χ1v) is 14.7. The highest BCUT2D eigenvalue weighted by atomic mass is 16.4. The van der Waals surface area contributed by atoms with Gasteiger partial charge in [-0.1, -0.05) is 92.1 Å². The van der Waals surface area contributed by atoms with Crippen molar-refractivity contribution in [1.29, 1.82) is 0 Å². The third kappa shape index (κ3) is 6.79. The Hall–Kier alpha value is -3.93. The lowest BCUT2D eigenvalue weighted by molar-refractivity contribution is -0.136. The summed E-state index contributed by atoms with van der Waals surface area (Å²) in [4.78, 5) is 24.1. The number of rotatable bonds is 11. The van der Waals surface area contributed by atoms with E-state index < -0.39 is 5.97 Å². The summed E-state index contributed by atoms with van der Waals surface area (Å²) in [6.07, 6.45) is 9.16. The average Bonchev–Trinajstić information content (AvgIpc) is 3.27. The Bertz CT molecular complexity index is 1480. The highest BCUT2D eigenvalue weighted by Crippen LogP contribution is 2.32. The van der Waals surface area contributed by atoms with Crippen molar-refractivity contribution in [3.05, 3.63) is 111 Å². The number of aryl methyl sites for hydroxylation is 2. The highest BCUT2D eigenvalue weighted by molar-refractivity contribution is 5.72. The van der Waals surface area contributed by atoms with Gasteiger partial charge in [0, 0.05) is 13.0 Å². The molecule has 1 aliphatic rings. The number of nitrogens with zero attached hydrogens (tertiary/aromatic N) is 3. The van der Waals surface area contributed by atoms with Gasteiger partial charge in [-0.05, 0) is 71.9 Å². The van der Waals surface area contributed by atoms with Gasteiger partial charge in [-0.25, -0.2) is 9.48 Å². The molecule has 1 aromatic heterocycles. The van der Waals surface area contributed by atoms with Crippen molar-refractivity contribution in [3.8, 4) is 11.1 Å². The van der Waals surface area contributed by atoms with Gasteiger partial charge in [0.05, 0.1) is 13.0 Å². The van der Waals surface area contributed by atoms with E-state index in [1.54, 1.807) is 9.25 Å². The van der Waals surface area contributed by atoms with E-state index >= 15 is 0 Å². The molecule has 6 nitrogen and oxygen atoms in total. The first-order valence-electron chi connectivity index (χ1n) is 14.7. The molecule has 0 amide bonds. The van der Waals surface area contributed by atoms with Crippen molar-refractivity contribution in [3.63, 3.8) is 0 Å². The predicted octanol–water partition coefficient (Wildman–Crippen LogP) is 6.63. The lowest BCUT2D eigenvalue weighted by atomic mass is 9.84. The predicted molar refractivity (Wildman–Crippen MR) is 159 cm³/mol. The van der Waals surface area contributed by atoms with Gasteiger partial charge in [0.1, 0.15) is 5.82 Å². The zero-order chi connectivity index (χ0) is 27.9. The number of hydrogen-bond donors (Lipinski definition) is 1. The molecule has 0 unspecified atom stereocenters. The second-order valence-corrected chi connectivity index (χ2v) is 11.0. The third-order valence-corrected chi connectivity index (χ3v) is 8.14. The lowest BCUT2D eigenvalue weighted by Crippen LogP contribution is -2.25. The smallest absolute Gasteiger partial charge is 0.346 e. The fourth-order valence-electron chi connectivity index (χ4n) is 5.95. The molecule has 0 aliphatic heterocycles. The number of aromatic nitrogens is 3. The molecule has 0 bridgehead atoms. The molecule has 1 heterocycles.